The molecule has 0 atom stereocenters. The van der Waals surface area contributed by atoms with Gasteiger partial charge in [-0.05, 0) is 16.5 Å². The summed E-state index contributed by atoms with van der Waals surface area (Å²) >= 11 is 0. The lowest BCUT2D eigenvalue weighted by atomic mass is 10.2. The topological polar surface area (TPSA) is 95.5 Å². The molecule has 0 aliphatic heterocycles. The van der Waals surface area contributed by atoms with Gasteiger partial charge in [-0.25, -0.2) is 4.79 Å². The fourth-order valence-electron chi connectivity index (χ4n) is 2.18. The minimum absolute atomic E-state index is 0.150. The van der Waals surface area contributed by atoms with Crippen molar-refractivity contribution in [2.75, 3.05) is 0 Å². The van der Waals surface area contributed by atoms with Crippen LogP contribution in [-0.2, 0) is 20.7 Å². The quantitative estimate of drug-likeness (QED) is 0.729. The summed E-state index contributed by atoms with van der Waals surface area (Å²) < 4.78 is 17.1. The summed E-state index contributed by atoms with van der Waals surface area (Å²) in [5.74, 6) is 0.316. The molecule has 0 saturated heterocycles. The molecule has 0 aliphatic rings. The second-order valence-corrected chi connectivity index (χ2v) is 4.65. The minimum Gasteiger partial charge on any atom is -0.472 e. The van der Waals surface area contributed by atoms with Crippen LogP contribution in [-0.4, -0.2) is 34.5 Å². The highest BCUT2D eigenvalue weighted by Crippen LogP contribution is 2.22. The number of tetrazole rings is 1. The van der Waals surface area contributed by atoms with Gasteiger partial charge < -0.3 is 9.30 Å². The number of rotatable bonds is 5. The van der Waals surface area contributed by atoms with Crippen molar-refractivity contribution in [2.24, 2.45) is 14.1 Å². The molecule has 0 saturated carbocycles. The van der Waals surface area contributed by atoms with Gasteiger partial charge in [0.25, 0.3) is 0 Å². The van der Waals surface area contributed by atoms with Gasteiger partial charge in [0, 0.05) is 43.8 Å². The third-order valence-corrected chi connectivity index (χ3v) is 3.26. The van der Waals surface area contributed by atoms with Gasteiger partial charge in [0.1, 0.15) is 6.61 Å². The third kappa shape index (κ3) is 2.22. The van der Waals surface area contributed by atoms with E-state index in [-0.39, 0.29) is 12.3 Å². The Labute approximate surface area is 126 Å². The van der Waals surface area contributed by atoms with Crippen LogP contribution >= 0.6 is 0 Å². The molecule has 0 radical (unpaired) electrons. The molecule has 3 aromatic heterocycles. The molecular weight excluding hydrogens is 286 g/mol. The van der Waals surface area contributed by atoms with Gasteiger partial charge in [-0.15, -0.1) is 5.10 Å². The van der Waals surface area contributed by atoms with Gasteiger partial charge in [-0.3, -0.25) is 5.09 Å². The Morgan fingerprint density at radius 1 is 1.50 bits per heavy atom. The summed E-state index contributed by atoms with van der Waals surface area (Å²) in [4.78, 5) is 12.1. The Bertz CT molecular complexity index is 917. The zero-order valence-corrected chi connectivity index (χ0v) is 12.2. The van der Waals surface area contributed by atoms with E-state index in [9.17, 15) is 4.79 Å². The number of hydrogen-bond acceptors (Lipinski definition) is 5. The van der Waals surface area contributed by atoms with E-state index in [0.29, 0.717) is 11.6 Å². The van der Waals surface area contributed by atoms with Gasteiger partial charge in [-0.1, -0.05) is 6.58 Å². The second kappa shape index (κ2) is 5.35. The molecule has 9 nitrogen and oxygen atoms in total. The number of H-pyrrole nitrogens is 1. The van der Waals surface area contributed by atoms with Crippen LogP contribution in [0.3, 0.4) is 0 Å². The smallest absolute Gasteiger partial charge is 0.368 e. The third-order valence-electron chi connectivity index (χ3n) is 3.26. The molecule has 114 valence electrons. The first-order valence-corrected chi connectivity index (χ1v) is 6.49. The predicted molar refractivity (Wildman–Crippen MR) is 78.6 cm³/mol. The molecule has 0 fully saturated rings. The van der Waals surface area contributed by atoms with Crippen molar-refractivity contribution >= 4 is 6.08 Å². The van der Waals surface area contributed by atoms with Crippen LogP contribution in [0.4, 0.5) is 0 Å². The van der Waals surface area contributed by atoms with E-state index < -0.39 is 0 Å². The van der Waals surface area contributed by atoms with Gasteiger partial charge in [0.05, 0.1) is 5.69 Å². The van der Waals surface area contributed by atoms with Gasteiger partial charge in [-0.2, -0.15) is 9.36 Å². The van der Waals surface area contributed by atoms with E-state index in [4.69, 9.17) is 6.15 Å². The standard InChI is InChI=1S/C13H15N7O2/c1-4-10-9(8-22-12-5-6-14-15-12)11(7-18(10)2)20-13(21)19(3)16-17-20/h4-7H,1,8H2,2-3H3,(H,14,15)/i/hT. The van der Waals surface area contributed by atoms with Gasteiger partial charge in [0.15, 0.2) is 1.41 Å². The Hall–Kier alpha value is -3.10. The fourth-order valence-corrected chi connectivity index (χ4v) is 2.18. The van der Waals surface area contributed by atoms with Crippen LogP contribution in [0.25, 0.3) is 11.8 Å². The van der Waals surface area contributed by atoms with E-state index in [0.717, 1.165) is 21.0 Å². The molecule has 0 amide bonds. The van der Waals surface area contributed by atoms with Crippen molar-refractivity contribution in [3.05, 3.63) is 46.8 Å². The van der Waals surface area contributed by atoms with E-state index in [1.165, 1.54) is 17.9 Å². The maximum atomic E-state index is 12.1. The summed E-state index contributed by atoms with van der Waals surface area (Å²) in [6, 6.07) is 1.58. The summed E-state index contributed by atoms with van der Waals surface area (Å²) in [7, 11) is 3.37. The maximum Gasteiger partial charge on any atom is 0.368 e. The number of aryl methyl sites for hydroxylation is 2. The van der Waals surface area contributed by atoms with Crippen LogP contribution in [0.15, 0.2) is 29.8 Å². The van der Waals surface area contributed by atoms with E-state index in [1.807, 2.05) is 11.6 Å². The van der Waals surface area contributed by atoms with E-state index >= 15 is 0 Å². The van der Waals surface area contributed by atoms with Crippen LogP contribution in [0, 0.1) is 0 Å². The predicted octanol–water partition coefficient (Wildman–Crippen LogP) is 0.250. The maximum absolute atomic E-state index is 12.1. The van der Waals surface area contributed by atoms with Gasteiger partial charge in [0.2, 0.25) is 5.88 Å². The SMILES string of the molecule is [3H]n1ccc(OCc2c(-n3nnn(C)c3=O)cn(C)c2C=C)n1. The molecule has 0 aromatic carbocycles. The molecule has 0 unspecified atom stereocenters. The zero-order valence-electron chi connectivity index (χ0n) is 13.2. The normalized spacial score (nSPS) is 11.5. The van der Waals surface area contributed by atoms with Crippen molar-refractivity contribution in [1.29, 1.82) is 0 Å². The molecular formula is C13H15N7O2. The monoisotopic (exact) mass is 303 g/mol. The average molecular weight is 303 g/mol. The molecule has 22 heavy (non-hydrogen) atoms. The second-order valence-electron chi connectivity index (χ2n) is 4.65. The van der Waals surface area contributed by atoms with Crippen LogP contribution in [0.5, 0.6) is 5.88 Å². The largest absolute Gasteiger partial charge is 0.472 e. The van der Waals surface area contributed by atoms with Crippen LogP contribution in [0.1, 0.15) is 11.3 Å². The highest BCUT2D eigenvalue weighted by atomic mass is 16.5. The fraction of sp³-hybridized carbons (Fsp3) is 0.231. The number of aromatic amines is 1. The summed E-state index contributed by atoms with van der Waals surface area (Å²) in [6.45, 7) is 3.94. The summed E-state index contributed by atoms with van der Waals surface area (Å²) in [6.07, 6.45) is 4.89. The molecule has 3 rings (SSSR count). The average Bonchev–Trinajstić information content (AvgIpc) is 3.17. The molecule has 0 spiro atoms. The Morgan fingerprint density at radius 2 is 2.32 bits per heavy atom. The molecule has 3 aromatic rings. The molecule has 0 bridgehead atoms. The summed E-state index contributed by atoms with van der Waals surface area (Å²) in [5.41, 5.74) is 1.72. The lowest BCUT2D eigenvalue weighted by Crippen LogP contribution is -2.22. The molecule has 9 heteroatoms. The van der Waals surface area contributed by atoms with E-state index in [1.54, 1.807) is 18.3 Å². The number of aromatic nitrogens is 7. The molecule has 3 heterocycles. The summed E-state index contributed by atoms with van der Waals surface area (Å²) in [5, 5.41) is 12.3. The van der Waals surface area contributed by atoms with Crippen molar-refractivity contribution in [2.45, 2.75) is 6.61 Å². The van der Waals surface area contributed by atoms with Crippen molar-refractivity contribution in [3.63, 3.8) is 0 Å². The first kappa shape index (κ1) is 12.6. The first-order chi connectivity index (χ1) is 11.0. The Kier molecular flexibility index (Phi) is 3.07. The van der Waals surface area contributed by atoms with Crippen LogP contribution in [0.2, 0.25) is 1.41 Å². The van der Waals surface area contributed by atoms with E-state index in [2.05, 4.69) is 22.1 Å². The van der Waals surface area contributed by atoms with Crippen molar-refractivity contribution in [1.82, 2.24) is 34.5 Å². The zero-order chi connectivity index (χ0) is 16.6. The lowest BCUT2D eigenvalue weighted by Gasteiger charge is -2.06. The van der Waals surface area contributed by atoms with Crippen molar-refractivity contribution in [3.8, 4) is 11.6 Å². The van der Waals surface area contributed by atoms with Gasteiger partial charge >= 0.3 is 5.69 Å². The lowest BCUT2D eigenvalue weighted by molar-refractivity contribution is 0.292. The number of nitrogens with one attached hydrogen (secondary N) is 1. The Morgan fingerprint density at radius 3 is 2.91 bits per heavy atom. The highest BCUT2D eigenvalue weighted by Gasteiger charge is 2.18. The van der Waals surface area contributed by atoms with Crippen molar-refractivity contribution < 1.29 is 6.15 Å². The van der Waals surface area contributed by atoms with Crippen LogP contribution < -0.4 is 10.4 Å². The number of hydrogen-bond donors (Lipinski definition) is 1. The molecule has 1 N–H and O–H groups in total. The Balaban J connectivity index is 2.01. The highest BCUT2D eigenvalue weighted by molar-refractivity contribution is 5.56. The number of nitrogens with zero attached hydrogens (tertiary/aromatic N) is 6. The number of ether oxygens (including phenoxy) is 1. The minimum atomic E-state index is -0.358. The molecule has 0 aliphatic carbocycles. The first-order valence-electron chi connectivity index (χ1n) is 6.93.